The Morgan fingerprint density at radius 1 is 1.05 bits per heavy atom. The van der Waals surface area contributed by atoms with Crippen LogP contribution in [0.4, 0.5) is 9.59 Å². The van der Waals surface area contributed by atoms with Crippen molar-refractivity contribution in [1.82, 2.24) is 16.2 Å². The molecule has 1 fully saturated rings. The average molecular weight is 317 g/mol. The van der Waals surface area contributed by atoms with Crippen LogP contribution in [0.2, 0.25) is 0 Å². The Bertz CT molecular complexity index is 373. The zero-order chi connectivity index (χ0) is 17.2. The lowest BCUT2D eigenvalue weighted by molar-refractivity contribution is -0.142. The van der Waals surface area contributed by atoms with E-state index in [-0.39, 0.29) is 5.92 Å². The van der Waals surface area contributed by atoms with Crippen LogP contribution in [-0.2, 0) is 9.53 Å². The van der Waals surface area contributed by atoms with Crippen molar-refractivity contribution < 1.29 is 24.2 Å². The van der Waals surface area contributed by atoms with Crippen LogP contribution in [0.3, 0.4) is 0 Å². The molecule has 128 valence electrons. The second kappa shape index (κ2) is 9.86. The number of carboxylic acids is 1. The van der Waals surface area contributed by atoms with E-state index in [1.165, 1.54) is 13.5 Å². The predicted octanol–water partition coefficient (Wildman–Crippen LogP) is 2.01. The SMILES string of the molecule is CNC(=O)NNC(=O)OC(C)(C)C.O=C(O)C1CCCCC1. The number of carboxylic acid groups (broad SMARTS) is 1. The first-order valence-corrected chi connectivity index (χ1v) is 7.35. The minimum atomic E-state index is -0.698. The highest BCUT2D eigenvalue weighted by Gasteiger charge is 2.19. The number of carbonyl (C=O) groups excluding carboxylic acids is 2. The van der Waals surface area contributed by atoms with Gasteiger partial charge in [0.2, 0.25) is 0 Å². The van der Waals surface area contributed by atoms with Crippen molar-refractivity contribution in [2.45, 2.75) is 58.5 Å². The van der Waals surface area contributed by atoms with Crippen LogP contribution >= 0.6 is 0 Å². The third-order valence-electron chi connectivity index (χ3n) is 2.86. The van der Waals surface area contributed by atoms with Crippen molar-refractivity contribution in [3.63, 3.8) is 0 Å². The van der Waals surface area contributed by atoms with E-state index in [2.05, 4.69) is 16.2 Å². The first-order valence-electron chi connectivity index (χ1n) is 7.35. The van der Waals surface area contributed by atoms with Gasteiger partial charge in [-0.1, -0.05) is 19.3 Å². The first kappa shape index (κ1) is 20.0. The van der Waals surface area contributed by atoms with Crippen molar-refractivity contribution in [2.75, 3.05) is 7.05 Å². The monoisotopic (exact) mass is 317 g/mol. The van der Waals surface area contributed by atoms with Gasteiger partial charge in [-0.3, -0.25) is 4.79 Å². The molecule has 4 N–H and O–H groups in total. The molecule has 3 amide bonds. The standard InChI is InChI=1S/C7H15N3O3.C7H12O2/c1-7(2,3)13-6(12)10-9-5(11)8-4;8-7(9)6-4-2-1-3-5-6/h1-4H3,(H,10,12)(H2,8,9,11);6H,1-5H2,(H,8,9). The number of ether oxygens (including phenoxy) is 1. The van der Waals surface area contributed by atoms with E-state index in [4.69, 9.17) is 9.84 Å². The predicted molar refractivity (Wildman–Crippen MR) is 81.2 cm³/mol. The van der Waals surface area contributed by atoms with Gasteiger partial charge in [0.25, 0.3) is 0 Å². The number of amides is 3. The van der Waals surface area contributed by atoms with Crippen molar-refractivity contribution in [1.29, 1.82) is 0 Å². The summed E-state index contributed by atoms with van der Waals surface area (Å²) in [5.41, 5.74) is 3.57. The van der Waals surface area contributed by atoms with Crippen LogP contribution in [0.1, 0.15) is 52.9 Å². The van der Waals surface area contributed by atoms with Crippen LogP contribution in [0, 0.1) is 5.92 Å². The normalized spacial score (nSPS) is 14.9. The summed E-state index contributed by atoms with van der Waals surface area (Å²) in [4.78, 5) is 31.8. The molecule has 0 unspecified atom stereocenters. The molecule has 0 aliphatic heterocycles. The summed E-state index contributed by atoms with van der Waals surface area (Å²) in [7, 11) is 1.44. The molecule has 1 aliphatic carbocycles. The Hall–Kier alpha value is -1.99. The van der Waals surface area contributed by atoms with Crippen molar-refractivity contribution >= 4 is 18.1 Å². The Balaban J connectivity index is 0.000000425. The van der Waals surface area contributed by atoms with Gasteiger partial charge in [-0.05, 0) is 33.6 Å². The molecule has 0 aromatic heterocycles. The molecule has 0 saturated heterocycles. The molecule has 1 rings (SSSR count). The number of nitrogens with one attached hydrogen (secondary N) is 3. The van der Waals surface area contributed by atoms with Gasteiger partial charge in [0.15, 0.2) is 0 Å². The summed E-state index contributed by atoms with van der Waals surface area (Å²) in [5.74, 6) is -0.631. The van der Waals surface area contributed by atoms with Crippen LogP contribution in [-0.4, -0.2) is 35.8 Å². The van der Waals surface area contributed by atoms with Gasteiger partial charge in [-0.2, -0.15) is 0 Å². The number of hydrazine groups is 1. The van der Waals surface area contributed by atoms with Gasteiger partial charge >= 0.3 is 18.1 Å². The topological polar surface area (TPSA) is 117 Å². The molecule has 0 radical (unpaired) electrons. The minimum absolute atomic E-state index is 0.0289. The number of hydrogen-bond acceptors (Lipinski definition) is 4. The summed E-state index contributed by atoms with van der Waals surface area (Å²) in [6.45, 7) is 5.19. The molecule has 1 saturated carbocycles. The van der Waals surface area contributed by atoms with Crippen molar-refractivity contribution in [3.05, 3.63) is 0 Å². The van der Waals surface area contributed by atoms with Crippen LogP contribution in [0.5, 0.6) is 0 Å². The third kappa shape index (κ3) is 10.8. The molecule has 0 heterocycles. The molecule has 0 spiro atoms. The van der Waals surface area contributed by atoms with E-state index in [1.807, 2.05) is 0 Å². The zero-order valence-corrected chi connectivity index (χ0v) is 13.7. The summed E-state index contributed by atoms with van der Waals surface area (Å²) in [5, 5.41) is 10.8. The Morgan fingerprint density at radius 2 is 1.59 bits per heavy atom. The number of carbonyl (C=O) groups is 3. The largest absolute Gasteiger partial charge is 0.481 e. The van der Waals surface area contributed by atoms with Gasteiger partial charge in [0.05, 0.1) is 5.92 Å². The number of hydrogen-bond donors (Lipinski definition) is 4. The van der Waals surface area contributed by atoms with E-state index in [1.54, 1.807) is 20.8 Å². The van der Waals surface area contributed by atoms with Crippen LogP contribution in [0.25, 0.3) is 0 Å². The van der Waals surface area contributed by atoms with E-state index < -0.39 is 23.7 Å². The molecular formula is C14H27N3O5. The molecule has 8 nitrogen and oxygen atoms in total. The van der Waals surface area contributed by atoms with E-state index in [9.17, 15) is 14.4 Å². The van der Waals surface area contributed by atoms with Crippen molar-refractivity contribution in [2.24, 2.45) is 5.92 Å². The lowest BCUT2D eigenvalue weighted by Crippen LogP contribution is -2.47. The quantitative estimate of drug-likeness (QED) is 0.552. The first-order chi connectivity index (χ1) is 10.2. The molecular weight excluding hydrogens is 290 g/mol. The van der Waals surface area contributed by atoms with Crippen molar-refractivity contribution in [3.8, 4) is 0 Å². The molecule has 0 bridgehead atoms. The number of urea groups is 1. The summed E-state index contributed by atoms with van der Waals surface area (Å²) >= 11 is 0. The number of aliphatic carboxylic acids is 1. The lowest BCUT2D eigenvalue weighted by atomic mass is 9.90. The second-order valence-electron chi connectivity index (χ2n) is 6.00. The summed E-state index contributed by atoms with van der Waals surface area (Å²) in [6.07, 6.45) is 4.54. The van der Waals surface area contributed by atoms with Gasteiger partial charge in [0, 0.05) is 7.05 Å². The third-order valence-corrected chi connectivity index (χ3v) is 2.86. The van der Waals surface area contributed by atoms with Crippen LogP contribution in [0.15, 0.2) is 0 Å². The maximum Gasteiger partial charge on any atom is 0.426 e. The molecule has 0 aromatic carbocycles. The highest BCUT2D eigenvalue weighted by molar-refractivity contribution is 5.77. The minimum Gasteiger partial charge on any atom is -0.481 e. The highest BCUT2D eigenvalue weighted by Crippen LogP contribution is 2.23. The van der Waals surface area contributed by atoms with Gasteiger partial charge in [-0.15, -0.1) is 0 Å². The fourth-order valence-electron chi connectivity index (χ4n) is 1.82. The Kier molecular flexibility index (Phi) is 8.97. The zero-order valence-electron chi connectivity index (χ0n) is 13.7. The van der Waals surface area contributed by atoms with Gasteiger partial charge < -0.3 is 15.2 Å². The maximum absolute atomic E-state index is 10.9. The van der Waals surface area contributed by atoms with E-state index in [0.717, 1.165) is 25.7 Å². The summed E-state index contributed by atoms with van der Waals surface area (Å²) in [6, 6.07) is -0.508. The summed E-state index contributed by atoms with van der Waals surface area (Å²) < 4.78 is 4.84. The Labute approximate surface area is 130 Å². The lowest BCUT2D eigenvalue weighted by Gasteiger charge is -2.19. The smallest absolute Gasteiger partial charge is 0.426 e. The van der Waals surface area contributed by atoms with Gasteiger partial charge in [-0.25, -0.2) is 20.4 Å². The molecule has 0 aromatic rings. The fourth-order valence-corrected chi connectivity index (χ4v) is 1.82. The number of rotatable bonds is 1. The molecule has 8 heteroatoms. The highest BCUT2D eigenvalue weighted by atomic mass is 16.6. The average Bonchev–Trinajstić information content (AvgIpc) is 2.44. The van der Waals surface area contributed by atoms with Crippen LogP contribution < -0.4 is 16.2 Å². The second-order valence-corrected chi connectivity index (χ2v) is 6.00. The molecule has 22 heavy (non-hydrogen) atoms. The molecule has 0 atom stereocenters. The van der Waals surface area contributed by atoms with E-state index in [0.29, 0.717) is 0 Å². The van der Waals surface area contributed by atoms with E-state index >= 15 is 0 Å². The Morgan fingerprint density at radius 3 is 1.95 bits per heavy atom. The fraction of sp³-hybridized carbons (Fsp3) is 0.786. The maximum atomic E-state index is 10.9. The van der Waals surface area contributed by atoms with Gasteiger partial charge in [0.1, 0.15) is 5.60 Å². The molecule has 1 aliphatic rings.